The van der Waals surface area contributed by atoms with Crippen LogP contribution in [0.1, 0.15) is 6.92 Å². The Labute approximate surface area is 119 Å². The minimum atomic E-state index is -0.326. The molecule has 3 rings (SSSR count). The van der Waals surface area contributed by atoms with Gasteiger partial charge in [-0.25, -0.2) is 4.98 Å². The number of esters is 1. The molecule has 0 spiro atoms. The molecule has 0 unspecified atom stereocenters. The predicted molar refractivity (Wildman–Crippen MR) is 80.8 cm³/mol. The van der Waals surface area contributed by atoms with Gasteiger partial charge in [-0.1, -0.05) is 0 Å². The van der Waals surface area contributed by atoms with Gasteiger partial charge in [0.15, 0.2) is 0 Å². The highest BCUT2D eigenvalue weighted by atomic mass is 32.1. The standard InChI is InChI=1S/C15H12N2O2S/c1-9(18)19-12-6-7-13-14(8-12)20-15(17-13)10-2-4-11(16)5-3-10/h2-8H,16H2,1H3. The quantitative estimate of drug-likeness (QED) is 0.444. The van der Waals surface area contributed by atoms with Crippen molar-refractivity contribution in [3.63, 3.8) is 0 Å². The first kappa shape index (κ1) is 12.6. The van der Waals surface area contributed by atoms with Gasteiger partial charge in [0, 0.05) is 24.2 Å². The highest BCUT2D eigenvalue weighted by Gasteiger charge is 2.08. The molecule has 4 nitrogen and oxygen atoms in total. The summed E-state index contributed by atoms with van der Waals surface area (Å²) in [6, 6.07) is 13.0. The van der Waals surface area contributed by atoms with Crippen LogP contribution in [0.5, 0.6) is 5.75 Å². The van der Waals surface area contributed by atoms with E-state index < -0.39 is 0 Å². The molecule has 0 aliphatic rings. The third kappa shape index (κ3) is 2.48. The summed E-state index contributed by atoms with van der Waals surface area (Å²) < 4.78 is 6.06. The maximum Gasteiger partial charge on any atom is 0.308 e. The zero-order chi connectivity index (χ0) is 14.1. The number of nitrogen functional groups attached to an aromatic ring is 1. The van der Waals surface area contributed by atoms with E-state index in [1.807, 2.05) is 36.4 Å². The van der Waals surface area contributed by atoms with Gasteiger partial charge in [0.05, 0.1) is 10.2 Å². The van der Waals surface area contributed by atoms with E-state index in [0.29, 0.717) is 5.75 Å². The molecule has 20 heavy (non-hydrogen) atoms. The minimum Gasteiger partial charge on any atom is -0.427 e. The molecule has 0 bridgehead atoms. The second-order valence-corrected chi connectivity index (χ2v) is 5.39. The van der Waals surface area contributed by atoms with Crippen molar-refractivity contribution in [3.8, 4) is 16.3 Å². The molecule has 0 amide bonds. The minimum absolute atomic E-state index is 0.326. The number of carbonyl (C=O) groups excluding carboxylic acids is 1. The number of hydrogen-bond donors (Lipinski definition) is 1. The Kier molecular flexibility index (Phi) is 3.12. The molecule has 100 valence electrons. The van der Waals surface area contributed by atoms with Crippen LogP contribution in [0.4, 0.5) is 5.69 Å². The monoisotopic (exact) mass is 284 g/mol. The van der Waals surface area contributed by atoms with E-state index in [-0.39, 0.29) is 5.97 Å². The molecule has 0 atom stereocenters. The van der Waals surface area contributed by atoms with E-state index in [4.69, 9.17) is 10.5 Å². The van der Waals surface area contributed by atoms with Crippen LogP contribution in [0.3, 0.4) is 0 Å². The summed E-state index contributed by atoms with van der Waals surface area (Å²) in [6.07, 6.45) is 0. The highest BCUT2D eigenvalue weighted by molar-refractivity contribution is 7.21. The van der Waals surface area contributed by atoms with Gasteiger partial charge < -0.3 is 10.5 Å². The van der Waals surface area contributed by atoms with Crippen LogP contribution in [0.2, 0.25) is 0 Å². The molecule has 1 aromatic heterocycles. The molecule has 0 aliphatic heterocycles. The maximum atomic E-state index is 11.0. The number of carbonyl (C=O) groups is 1. The van der Waals surface area contributed by atoms with E-state index in [0.717, 1.165) is 26.5 Å². The number of nitrogens with zero attached hydrogens (tertiary/aromatic N) is 1. The summed E-state index contributed by atoms with van der Waals surface area (Å²) in [5, 5.41) is 0.917. The second-order valence-electron chi connectivity index (χ2n) is 4.36. The molecular formula is C15H12N2O2S. The van der Waals surface area contributed by atoms with Gasteiger partial charge >= 0.3 is 5.97 Å². The third-order valence-corrected chi connectivity index (χ3v) is 3.85. The Morgan fingerprint density at radius 3 is 2.65 bits per heavy atom. The van der Waals surface area contributed by atoms with Crippen molar-refractivity contribution < 1.29 is 9.53 Å². The van der Waals surface area contributed by atoms with E-state index >= 15 is 0 Å². The van der Waals surface area contributed by atoms with Crippen molar-refractivity contribution >= 4 is 33.2 Å². The van der Waals surface area contributed by atoms with Gasteiger partial charge in [0.25, 0.3) is 0 Å². The van der Waals surface area contributed by atoms with Crippen LogP contribution in [0.15, 0.2) is 42.5 Å². The van der Waals surface area contributed by atoms with Gasteiger partial charge in [0.2, 0.25) is 0 Å². The number of rotatable bonds is 2. The van der Waals surface area contributed by atoms with Crippen molar-refractivity contribution in [3.05, 3.63) is 42.5 Å². The topological polar surface area (TPSA) is 65.2 Å². The predicted octanol–water partition coefficient (Wildman–Crippen LogP) is 3.47. The third-order valence-electron chi connectivity index (χ3n) is 2.78. The molecule has 1 heterocycles. The molecule has 0 fully saturated rings. The molecule has 0 radical (unpaired) electrons. The largest absolute Gasteiger partial charge is 0.427 e. The summed E-state index contributed by atoms with van der Waals surface area (Å²) in [6.45, 7) is 1.39. The van der Waals surface area contributed by atoms with Gasteiger partial charge in [-0.05, 0) is 36.4 Å². The number of ether oxygens (including phenoxy) is 1. The fourth-order valence-corrected chi connectivity index (χ4v) is 2.88. The van der Waals surface area contributed by atoms with Gasteiger partial charge in [-0.3, -0.25) is 4.79 Å². The van der Waals surface area contributed by atoms with Crippen LogP contribution in [-0.4, -0.2) is 11.0 Å². The van der Waals surface area contributed by atoms with E-state index in [1.165, 1.54) is 6.92 Å². The normalized spacial score (nSPS) is 10.7. The Hall–Kier alpha value is -2.40. The first-order valence-electron chi connectivity index (χ1n) is 6.07. The fourth-order valence-electron chi connectivity index (χ4n) is 1.88. The van der Waals surface area contributed by atoms with Crippen LogP contribution in [-0.2, 0) is 4.79 Å². The highest BCUT2D eigenvalue weighted by Crippen LogP contribution is 2.32. The van der Waals surface area contributed by atoms with E-state index in [1.54, 1.807) is 17.4 Å². The summed E-state index contributed by atoms with van der Waals surface area (Å²) >= 11 is 1.55. The van der Waals surface area contributed by atoms with E-state index in [2.05, 4.69) is 4.98 Å². The molecule has 2 N–H and O–H groups in total. The molecular weight excluding hydrogens is 272 g/mol. The van der Waals surface area contributed by atoms with E-state index in [9.17, 15) is 4.79 Å². The van der Waals surface area contributed by atoms with Crippen molar-refractivity contribution in [1.29, 1.82) is 0 Å². The summed E-state index contributed by atoms with van der Waals surface area (Å²) in [5.74, 6) is 0.213. The summed E-state index contributed by atoms with van der Waals surface area (Å²) in [5.41, 5.74) is 8.32. The first-order valence-corrected chi connectivity index (χ1v) is 6.88. The number of aromatic nitrogens is 1. The van der Waals surface area contributed by atoms with Crippen molar-refractivity contribution in [2.75, 3.05) is 5.73 Å². The maximum absolute atomic E-state index is 11.0. The average molecular weight is 284 g/mol. The number of nitrogens with two attached hydrogens (primary N) is 1. The van der Waals surface area contributed by atoms with Crippen molar-refractivity contribution in [2.24, 2.45) is 0 Å². The average Bonchev–Trinajstić information content (AvgIpc) is 2.81. The Bertz CT molecular complexity index is 778. The summed E-state index contributed by atoms with van der Waals surface area (Å²) in [4.78, 5) is 15.5. The lowest BCUT2D eigenvalue weighted by Crippen LogP contribution is -2.00. The fraction of sp³-hybridized carbons (Fsp3) is 0.0667. The van der Waals surface area contributed by atoms with Gasteiger partial charge in [0.1, 0.15) is 10.8 Å². The second kappa shape index (κ2) is 4.94. The Morgan fingerprint density at radius 2 is 1.95 bits per heavy atom. The van der Waals surface area contributed by atoms with Gasteiger partial charge in [-0.2, -0.15) is 0 Å². The van der Waals surface area contributed by atoms with Crippen LogP contribution in [0.25, 0.3) is 20.8 Å². The molecule has 0 saturated heterocycles. The SMILES string of the molecule is CC(=O)Oc1ccc2nc(-c3ccc(N)cc3)sc2c1. The number of fused-ring (bicyclic) bond motifs is 1. The van der Waals surface area contributed by atoms with Gasteiger partial charge in [-0.15, -0.1) is 11.3 Å². The number of thiazole rings is 1. The molecule has 2 aromatic carbocycles. The van der Waals surface area contributed by atoms with Crippen molar-refractivity contribution in [2.45, 2.75) is 6.92 Å². The molecule has 3 aromatic rings. The lowest BCUT2D eigenvalue weighted by molar-refractivity contribution is -0.131. The van der Waals surface area contributed by atoms with Crippen LogP contribution >= 0.6 is 11.3 Å². The zero-order valence-corrected chi connectivity index (χ0v) is 11.6. The number of hydrogen-bond acceptors (Lipinski definition) is 5. The van der Waals surface area contributed by atoms with Crippen LogP contribution in [0, 0.1) is 0 Å². The molecule has 0 aliphatic carbocycles. The van der Waals surface area contributed by atoms with Crippen molar-refractivity contribution in [1.82, 2.24) is 4.98 Å². The lowest BCUT2D eigenvalue weighted by Gasteiger charge is -1.99. The number of anilines is 1. The number of benzene rings is 2. The molecule has 5 heteroatoms. The molecule has 0 saturated carbocycles. The Morgan fingerprint density at radius 1 is 1.20 bits per heavy atom. The Balaban J connectivity index is 2.01. The smallest absolute Gasteiger partial charge is 0.308 e. The summed E-state index contributed by atoms with van der Waals surface area (Å²) in [7, 11) is 0. The zero-order valence-electron chi connectivity index (χ0n) is 10.8. The lowest BCUT2D eigenvalue weighted by atomic mass is 10.2. The van der Waals surface area contributed by atoms with Crippen LogP contribution < -0.4 is 10.5 Å². The first-order chi connectivity index (χ1) is 9.61.